The van der Waals surface area contributed by atoms with E-state index in [4.69, 9.17) is 35.3 Å². The molecular weight excluding hydrogens is 470 g/mol. The van der Waals surface area contributed by atoms with Crippen molar-refractivity contribution in [3.05, 3.63) is 81.6 Å². The molecule has 0 fully saturated rings. The van der Waals surface area contributed by atoms with Gasteiger partial charge in [-0.3, -0.25) is 9.69 Å². The SMILES string of the molecule is COc1cc(/C=C2\Oc3c(ccc4c3CN(Cc3ccccc3Cl)CO4)C2=O)cc(OC)c1OC. The minimum atomic E-state index is -0.195. The fourth-order valence-electron chi connectivity index (χ4n) is 4.31. The van der Waals surface area contributed by atoms with Crippen LogP contribution in [0.1, 0.15) is 27.0 Å². The van der Waals surface area contributed by atoms with Gasteiger partial charge in [-0.2, -0.15) is 0 Å². The predicted molar refractivity (Wildman–Crippen MR) is 132 cm³/mol. The molecule has 8 heteroatoms. The zero-order valence-electron chi connectivity index (χ0n) is 19.6. The number of allylic oxidation sites excluding steroid dienone is 1. The van der Waals surface area contributed by atoms with Gasteiger partial charge in [0.2, 0.25) is 11.5 Å². The number of carbonyl (C=O) groups is 1. The van der Waals surface area contributed by atoms with Crippen molar-refractivity contribution in [3.63, 3.8) is 0 Å². The Morgan fingerprint density at radius 3 is 2.46 bits per heavy atom. The molecule has 0 atom stereocenters. The first kappa shape index (κ1) is 23.1. The zero-order valence-corrected chi connectivity index (χ0v) is 20.3. The molecule has 0 bridgehead atoms. The maximum absolute atomic E-state index is 13.2. The van der Waals surface area contributed by atoms with Crippen molar-refractivity contribution < 1.29 is 28.5 Å². The van der Waals surface area contributed by atoms with E-state index in [2.05, 4.69) is 4.90 Å². The van der Waals surface area contributed by atoms with Crippen molar-refractivity contribution >= 4 is 23.5 Å². The van der Waals surface area contributed by atoms with Crippen LogP contribution in [0, 0.1) is 0 Å². The minimum absolute atomic E-state index is 0.195. The minimum Gasteiger partial charge on any atom is -0.493 e. The molecule has 7 nitrogen and oxygen atoms in total. The first-order valence-corrected chi connectivity index (χ1v) is 11.4. The molecule has 0 unspecified atom stereocenters. The van der Waals surface area contributed by atoms with E-state index in [0.29, 0.717) is 64.7 Å². The highest BCUT2D eigenvalue weighted by atomic mass is 35.5. The van der Waals surface area contributed by atoms with Gasteiger partial charge in [0.1, 0.15) is 18.2 Å². The number of rotatable bonds is 6. The standard InChI is InChI=1S/C27H24ClNO6/c1-31-23-11-16(12-24(32-2)27(23)33-3)10-22-25(30)18-8-9-21-19(26(18)35-22)14-29(15-34-21)13-17-6-4-5-7-20(17)28/h4-12H,13-15H2,1-3H3/b22-10-. The summed E-state index contributed by atoms with van der Waals surface area (Å²) in [6.07, 6.45) is 1.67. The highest BCUT2D eigenvalue weighted by Gasteiger charge is 2.34. The Kier molecular flexibility index (Phi) is 6.28. The molecule has 2 heterocycles. The first-order chi connectivity index (χ1) is 17.0. The van der Waals surface area contributed by atoms with Crippen LogP contribution in [-0.2, 0) is 13.1 Å². The number of halogens is 1. The summed E-state index contributed by atoms with van der Waals surface area (Å²) < 4.78 is 28.3. The number of nitrogens with zero attached hydrogens (tertiary/aromatic N) is 1. The van der Waals surface area contributed by atoms with E-state index in [1.807, 2.05) is 30.3 Å². The van der Waals surface area contributed by atoms with Gasteiger partial charge in [-0.15, -0.1) is 0 Å². The van der Waals surface area contributed by atoms with E-state index in [-0.39, 0.29) is 11.5 Å². The average Bonchev–Trinajstić information content (AvgIpc) is 3.20. The first-order valence-electron chi connectivity index (χ1n) is 11.0. The number of fused-ring (bicyclic) bond motifs is 3. The van der Waals surface area contributed by atoms with Gasteiger partial charge in [0, 0.05) is 18.1 Å². The van der Waals surface area contributed by atoms with E-state index in [1.54, 1.807) is 45.6 Å². The maximum Gasteiger partial charge on any atom is 0.231 e. The second-order valence-corrected chi connectivity index (χ2v) is 8.58. The van der Waals surface area contributed by atoms with Gasteiger partial charge in [-0.25, -0.2) is 0 Å². The normalized spacial score (nSPS) is 15.8. The van der Waals surface area contributed by atoms with Crippen molar-refractivity contribution in [2.75, 3.05) is 28.1 Å². The monoisotopic (exact) mass is 493 g/mol. The Morgan fingerprint density at radius 1 is 1.03 bits per heavy atom. The number of hydrogen-bond donors (Lipinski definition) is 0. The summed E-state index contributed by atoms with van der Waals surface area (Å²) in [5.41, 5.74) is 3.03. The summed E-state index contributed by atoms with van der Waals surface area (Å²) in [6.45, 7) is 1.60. The lowest BCUT2D eigenvalue weighted by molar-refractivity contribution is 0.0873. The fraction of sp³-hybridized carbons (Fsp3) is 0.222. The summed E-state index contributed by atoms with van der Waals surface area (Å²) in [6, 6.07) is 14.8. The molecule has 35 heavy (non-hydrogen) atoms. The number of ketones is 1. The third-order valence-corrected chi connectivity index (χ3v) is 6.39. The van der Waals surface area contributed by atoms with E-state index in [9.17, 15) is 4.79 Å². The molecule has 3 aromatic rings. The van der Waals surface area contributed by atoms with Crippen molar-refractivity contribution in [3.8, 4) is 28.7 Å². The Hall–Kier alpha value is -3.68. The molecule has 0 radical (unpaired) electrons. The quantitative estimate of drug-likeness (QED) is 0.430. The summed E-state index contributed by atoms with van der Waals surface area (Å²) in [4.78, 5) is 15.3. The van der Waals surface area contributed by atoms with Crippen LogP contribution in [0.2, 0.25) is 5.02 Å². The third kappa shape index (κ3) is 4.29. The number of ether oxygens (including phenoxy) is 5. The molecule has 5 rings (SSSR count). The highest BCUT2D eigenvalue weighted by molar-refractivity contribution is 6.31. The topological polar surface area (TPSA) is 66.5 Å². The number of carbonyl (C=O) groups excluding carboxylic acids is 1. The maximum atomic E-state index is 13.2. The van der Waals surface area contributed by atoms with Gasteiger partial charge in [0.05, 0.1) is 32.5 Å². The third-order valence-electron chi connectivity index (χ3n) is 6.02. The van der Waals surface area contributed by atoms with Crippen molar-refractivity contribution in [1.82, 2.24) is 4.90 Å². The Labute approximate surface area is 208 Å². The summed E-state index contributed by atoms with van der Waals surface area (Å²) in [5.74, 6) is 2.70. The average molecular weight is 494 g/mol. The molecule has 0 aliphatic carbocycles. The van der Waals surface area contributed by atoms with E-state index >= 15 is 0 Å². The molecular formula is C27H24ClNO6. The highest BCUT2D eigenvalue weighted by Crippen LogP contribution is 2.43. The van der Waals surface area contributed by atoms with E-state index < -0.39 is 0 Å². The molecule has 3 aromatic carbocycles. The van der Waals surface area contributed by atoms with Gasteiger partial charge in [-0.1, -0.05) is 29.8 Å². The molecule has 0 aromatic heterocycles. The van der Waals surface area contributed by atoms with Crippen LogP contribution in [0.25, 0.3) is 6.08 Å². The molecule has 0 N–H and O–H groups in total. The number of benzene rings is 3. The molecule has 0 amide bonds. The summed E-state index contributed by atoms with van der Waals surface area (Å²) >= 11 is 6.34. The van der Waals surface area contributed by atoms with Gasteiger partial charge >= 0.3 is 0 Å². The Morgan fingerprint density at radius 2 is 1.77 bits per heavy atom. The van der Waals surface area contributed by atoms with E-state index in [1.165, 1.54) is 0 Å². The molecule has 2 aliphatic heterocycles. The van der Waals surface area contributed by atoms with Crippen LogP contribution in [0.4, 0.5) is 0 Å². The van der Waals surface area contributed by atoms with Gasteiger partial charge in [-0.05, 0) is 47.5 Å². The number of methoxy groups -OCH3 is 3. The molecule has 0 spiro atoms. The summed E-state index contributed by atoms with van der Waals surface area (Å²) in [7, 11) is 4.63. The lowest BCUT2D eigenvalue weighted by Crippen LogP contribution is -2.31. The Balaban J connectivity index is 1.45. The van der Waals surface area contributed by atoms with Crippen molar-refractivity contribution in [2.24, 2.45) is 0 Å². The lowest BCUT2D eigenvalue weighted by atomic mass is 10.0. The Bertz CT molecular complexity index is 1310. The number of hydrogen-bond acceptors (Lipinski definition) is 7. The van der Waals surface area contributed by atoms with Crippen LogP contribution in [-0.4, -0.2) is 38.7 Å². The van der Waals surface area contributed by atoms with Crippen molar-refractivity contribution in [1.29, 1.82) is 0 Å². The fourth-order valence-corrected chi connectivity index (χ4v) is 4.50. The molecule has 180 valence electrons. The van der Waals surface area contributed by atoms with Crippen LogP contribution < -0.4 is 23.7 Å². The lowest BCUT2D eigenvalue weighted by Gasteiger charge is -2.30. The van der Waals surface area contributed by atoms with Crippen LogP contribution in [0.3, 0.4) is 0 Å². The van der Waals surface area contributed by atoms with Gasteiger partial charge in [0.25, 0.3) is 0 Å². The van der Waals surface area contributed by atoms with Crippen LogP contribution in [0.15, 0.2) is 54.3 Å². The molecule has 2 aliphatic rings. The number of Topliss-reactive ketones (excluding diaryl/α,β-unsaturated/α-hetero) is 1. The smallest absolute Gasteiger partial charge is 0.231 e. The van der Waals surface area contributed by atoms with Gasteiger partial charge in [0.15, 0.2) is 17.3 Å². The summed E-state index contributed by atoms with van der Waals surface area (Å²) in [5, 5.41) is 0.707. The van der Waals surface area contributed by atoms with E-state index in [0.717, 1.165) is 11.1 Å². The second-order valence-electron chi connectivity index (χ2n) is 8.17. The van der Waals surface area contributed by atoms with Crippen molar-refractivity contribution in [2.45, 2.75) is 13.1 Å². The molecule has 0 saturated carbocycles. The largest absolute Gasteiger partial charge is 0.493 e. The predicted octanol–water partition coefficient (Wildman–Crippen LogP) is 5.33. The van der Waals surface area contributed by atoms with Gasteiger partial charge < -0.3 is 23.7 Å². The van der Waals surface area contributed by atoms with Crippen LogP contribution >= 0.6 is 11.6 Å². The zero-order chi connectivity index (χ0) is 24.5. The molecule has 0 saturated heterocycles. The second kappa shape index (κ2) is 9.52. The van der Waals surface area contributed by atoms with Crippen LogP contribution in [0.5, 0.6) is 28.7 Å².